The number of fused-ring (bicyclic) bond motifs is 2. The van der Waals surface area contributed by atoms with Crippen molar-refractivity contribution in [1.82, 2.24) is 15.5 Å². The predicted octanol–water partition coefficient (Wildman–Crippen LogP) is 0.871. The lowest BCUT2D eigenvalue weighted by Gasteiger charge is -2.32. The van der Waals surface area contributed by atoms with E-state index in [0.717, 1.165) is 0 Å². The predicted molar refractivity (Wildman–Crippen MR) is 81.0 cm³/mol. The minimum atomic E-state index is -0.324. The van der Waals surface area contributed by atoms with Gasteiger partial charge in [0.25, 0.3) is 0 Å². The summed E-state index contributed by atoms with van der Waals surface area (Å²) in [6.07, 6.45) is 0.280. The van der Waals surface area contributed by atoms with Crippen molar-refractivity contribution in [2.45, 2.75) is 25.2 Å². The summed E-state index contributed by atoms with van der Waals surface area (Å²) in [7, 11) is 1.61. The number of nitrogens with zero attached hydrogens (tertiary/aromatic N) is 1. The van der Waals surface area contributed by atoms with Gasteiger partial charge >= 0.3 is 6.03 Å². The molecule has 6 nitrogen and oxygen atoms in total. The molecular formula is C16H20FN3O3. The maximum absolute atomic E-state index is 13.1. The fourth-order valence-electron chi connectivity index (χ4n) is 3.22. The van der Waals surface area contributed by atoms with Crippen LogP contribution in [0, 0.1) is 11.7 Å². The highest BCUT2D eigenvalue weighted by molar-refractivity contribution is 5.80. The van der Waals surface area contributed by atoms with E-state index in [1.165, 1.54) is 12.1 Å². The highest BCUT2D eigenvalue weighted by atomic mass is 19.1. The Kier molecular flexibility index (Phi) is 4.47. The molecule has 2 fully saturated rings. The molecule has 2 saturated heterocycles. The number of likely N-dealkylation sites (tertiary alicyclic amines) is 1. The Morgan fingerprint density at radius 1 is 1.39 bits per heavy atom. The fourth-order valence-corrected chi connectivity index (χ4v) is 3.22. The molecule has 7 heteroatoms. The van der Waals surface area contributed by atoms with Crippen LogP contribution in [-0.4, -0.2) is 49.2 Å². The van der Waals surface area contributed by atoms with Gasteiger partial charge in [0.1, 0.15) is 5.82 Å². The molecule has 0 spiro atoms. The van der Waals surface area contributed by atoms with Crippen LogP contribution in [0.4, 0.5) is 9.18 Å². The van der Waals surface area contributed by atoms with Gasteiger partial charge in [0.2, 0.25) is 5.91 Å². The monoisotopic (exact) mass is 321 g/mol. The molecule has 0 saturated carbocycles. The molecule has 2 aliphatic heterocycles. The number of ether oxygens (including phenoxy) is 1. The average molecular weight is 321 g/mol. The summed E-state index contributed by atoms with van der Waals surface area (Å²) in [6.45, 7) is 1.13. The van der Waals surface area contributed by atoms with Crippen LogP contribution in [0.15, 0.2) is 24.3 Å². The Morgan fingerprint density at radius 3 is 2.96 bits per heavy atom. The molecule has 2 N–H and O–H groups in total. The molecule has 2 heterocycles. The number of rotatable bonds is 3. The number of halogens is 1. The van der Waals surface area contributed by atoms with Gasteiger partial charge in [-0.3, -0.25) is 4.79 Å². The zero-order chi connectivity index (χ0) is 16.4. The van der Waals surface area contributed by atoms with Gasteiger partial charge in [-0.1, -0.05) is 12.1 Å². The number of carbonyl (C=O) groups is 2. The number of hydrogen-bond acceptors (Lipinski definition) is 3. The molecule has 0 unspecified atom stereocenters. The molecule has 3 amide bonds. The Morgan fingerprint density at radius 2 is 2.22 bits per heavy atom. The maximum atomic E-state index is 13.1. The lowest BCUT2D eigenvalue weighted by atomic mass is 10.00. The third-order valence-electron chi connectivity index (χ3n) is 4.36. The van der Waals surface area contributed by atoms with Gasteiger partial charge in [0.15, 0.2) is 0 Å². The van der Waals surface area contributed by atoms with Crippen LogP contribution >= 0.6 is 0 Å². The van der Waals surface area contributed by atoms with E-state index in [0.29, 0.717) is 25.1 Å². The van der Waals surface area contributed by atoms with Crippen molar-refractivity contribution >= 4 is 11.9 Å². The quantitative estimate of drug-likeness (QED) is 0.868. The Bertz CT molecular complexity index is 610. The van der Waals surface area contributed by atoms with E-state index in [1.54, 1.807) is 24.1 Å². The van der Waals surface area contributed by atoms with E-state index in [4.69, 9.17) is 4.74 Å². The molecule has 1 aromatic carbocycles. The summed E-state index contributed by atoms with van der Waals surface area (Å²) in [5, 5.41) is 5.43. The van der Waals surface area contributed by atoms with Crippen LogP contribution in [-0.2, 0) is 16.1 Å². The average Bonchev–Trinajstić information content (AvgIpc) is 2.86. The summed E-state index contributed by atoms with van der Waals surface area (Å²) < 4.78 is 18.9. The van der Waals surface area contributed by atoms with E-state index >= 15 is 0 Å². The smallest absolute Gasteiger partial charge is 0.317 e. The standard InChI is InChI=1S/C16H20FN3O3/c1-18-15(21)13-6-12-8-20(9-14(13)23-12)16(22)19-7-10-3-2-4-11(17)5-10/h2-5,12-14H,6-9H2,1H3,(H,18,21)(H,19,22)/t12-,13+,14-/m0/s1. The van der Waals surface area contributed by atoms with Gasteiger partial charge < -0.3 is 20.3 Å². The molecule has 3 rings (SSSR count). The molecule has 23 heavy (non-hydrogen) atoms. The van der Waals surface area contributed by atoms with Crippen LogP contribution in [0.1, 0.15) is 12.0 Å². The number of carbonyl (C=O) groups excluding carboxylic acids is 2. The SMILES string of the molecule is CNC(=O)[C@@H]1C[C@H]2CN(C(=O)NCc3cccc(F)c3)C[C@@H]1O2. The number of morpholine rings is 1. The van der Waals surface area contributed by atoms with Gasteiger partial charge in [-0.2, -0.15) is 0 Å². The van der Waals surface area contributed by atoms with Crippen molar-refractivity contribution in [1.29, 1.82) is 0 Å². The zero-order valence-corrected chi connectivity index (χ0v) is 12.9. The first-order chi connectivity index (χ1) is 11.1. The van der Waals surface area contributed by atoms with Crippen LogP contribution in [0.5, 0.6) is 0 Å². The van der Waals surface area contributed by atoms with Crippen LogP contribution in [0.3, 0.4) is 0 Å². The van der Waals surface area contributed by atoms with E-state index < -0.39 is 0 Å². The van der Waals surface area contributed by atoms with Crippen LogP contribution < -0.4 is 10.6 Å². The highest BCUT2D eigenvalue weighted by Gasteiger charge is 2.45. The topological polar surface area (TPSA) is 70.7 Å². The molecule has 3 atom stereocenters. The Hall–Kier alpha value is -2.15. The molecule has 0 aliphatic carbocycles. The lowest BCUT2D eigenvalue weighted by molar-refractivity contribution is -0.127. The van der Waals surface area contributed by atoms with E-state index in [-0.39, 0.29) is 42.4 Å². The second-order valence-corrected chi connectivity index (χ2v) is 5.95. The van der Waals surface area contributed by atoms with Gasteiger partial charge in [-0.15, -0.1) is 0 Å². The van der Waals surface area contributed by atoms with Crippen molar-refractivity contribution in [2.75, 3.05) is 20.1 Å². The number of amides is 3. The largest absolute Gasteiger partial charge is 0.370 e. The van der Waals surface area contributed by atoms with Gasteiger partial charge in [-0.25, -0.2) is 9.18 Å². The first kappa shape index (κ1) is 15.7. The normalized spacial score (nSPS) is 26.0. The number of hydrogen-bond donors (Lipinski definition) is 2. The van der Waals surface area contributed by atoms with Crippen molar-refractivity contribution in [2.24, 2.45) is 5.92 Å². The van der Waals surface area contributed by atoms with Crippen LogP contribution in [0.25, 0.3) is 0 Å². The molecule has 0 aromatic heterocycles. The summed E-state index contributed by atoms with van der Waals surface area (Å²) in [4.78, 5) is 25.8. The number of benzene rings is 1. The molecule has 2 aliphatic rings. The van der Waals surface area contributed by atoms with Gasteiger partial charge in [0.05, 0.1) is 18.1 Å². The van der Waals surface area contributed by atoms with Gasteiger partial charge in [-0.05, 0) is 24.1 Å². The first-order valence-corrected chi connectivity index (χ1v) is 7.71. The number of urea groups is 1. The molecule has 2 bridgehead atoms. The highest BCUT2D eigenvalue weighted by Crippen LogP contribution is 2.32. The summed E-state index contributed by atoms with van der Waals surface area (Å²) in [6, 6.07) is 5.91. The summed E-state index contributed by atoms with van der Waals surface area (Å²) >= 11 is 0. The van der Waals surface area contributed by atoms with Crippen LogP contribution in [0.2, 0.25) is 0 Å². The third kappa shape index (κ3) is 3.44. The molecule has 1 aromatic rings. The van der Waals surface area contributed by atoms with Crippen molar-refractivity contribution < 1.29 is 18.7 Å². The van der Waals surface area contributed by atoms with Gasteiger partial charge in [0, 0.05) is 26.7 Å². The van der Waals surface area contributed by atoms with Crippen molar-refractivity contribution in [3.05, 3.63) is 35.6 Å². The van der Waals surface area contributed by atoms with Crippen molar-refractivity contribution in [3.63, 3.8) is 0 Å². The van der Waals surface area contributed by atoms with E-state index in [9.17, 15) is 14.0 Å². The summed E-state index contributed by atoms with van der Waals surface area (Å²) in [5.74, 6) is -0.569. The molecule has 0 radical (unpaired) electrons. The fraction of sp³-hybridized carbons (Fsp3) is 0.500. The molecular weight excluding hydrogens is 301 g/mol. The Balaban J connectivity index is 1.56. The minimum absolute atomic E-state index is 0.0421. The lowest BCUT2D eigenvalue weighted by Crippen LogP contribution is -2.51. The van der Waals surface area contributed by atoms with E-state index in [2.05, 4.69) is 10.6 Å². The minimum Gasteiger partial charge on any atom is -0.370 e. The number of nitrogens with one attached hydrogen (secondary N) is 2. The van der Waals surface area contributed by atoms with Crippen molar-refractivity contribution in [3.8, 4) is 0 Å². The molecule has 124 valence electrons. The first-order valence-electron chi connectivity index (χ1n) is 7.71. The Labute approximate surface area is 134 Å². The second-order valence-electron chi connectivity index (χ2n) is 5.95. The second kappa shape index (κ2) is 6.54. The zero-order valence-electron chi connectivity index (χ0n) is 12.9. The summed E-state index contributed by atoms with van der Waals surface area (Å²) in [5.41, 5.74) is 0.706. The third-order valence-corrected chi connectivity index (χ3v) is 4.36. The maximum Gasteiger partial charge on any atom is 0.317 e. The van der Waals surface area contributed by atoms with E-state index in [1.807, 2.05) is 0 Å².